The van der Waals surface area contributed by atoms with Crippen LogP contribution in [0.15, 0.2) is 30.7 Å². The summed E-state index contributed by atoms with van der Waals surface area (Å²) in [6.07, 6.45) is 4.95. The van der Waals surface area contributed by atoms with Crippen molar-refractivity contribution >= 4 is 11.6 Å². The van der Waals surface area contributed by atoms with Crippen LogP contribution in [0.2, 0.25) is 5.02 Å². The van der Waals surface area contributed by atoms with E-state index in [1.54, 1.807) is 18.6 Å². The van der Waals surface area contributed by atoms with Gasteiger partial charge in [-0.3, -0.25) is 4.98 Å². The van der Waals surface area contributed by atoms with E-state index in [0.717, 1.165) is 11.1 Å². The van der Waals surface area contributed by atoms with Gasteiger partial charge in [0, 0.05) is 30.1 Å². The third kappa shape index (κ3) is 3.10. The number of hydrogen-bond acceptors (Lipinski definition) is 2. The topological polar surface area (TPSA) is 25.8 Å². The Bertz CT molecular complexity index is 584. The third-order valence-electron chi connectivity index (χ3n) is 3.24. The minimum Gasteiger partial charge on any atom is -0.263 e. The Morgan fingerprint density at radius 2 is 1.74 bits per heavy atom. The zero-order chi connectivity index (χ0) is 14.0. The van der Waals surface area contributed by atoms with E-state index in [2.05, 4.69) is 9.97 Å². The monoisotopic (exact) mass is 278 g/mol. The number of pyridine rings is 2. The van der Waals surface area contributed by atoms with Gasteiger partial charge in [-0.2, -0.15) is 4.39 Å². The van der Waals surface area contributed by atoms with Crippen molar-refractivity contribution in [3.8, 4) is 0 Å². The van der Waals surface area contributed by atoms with E-state index in [4.69, 9.17) is 11.6 Å². The molecule has 0 spiro atoms. The summed E-state index contributed by atoms with van der Waals surface area (Å²) >= 11 is 5.95. The molecule has 2 rings (SSSR count). The lowest BCUT2D eigenvalue weighted by Gasteiger charge is -2.15. The molecule has 0 saturated carbocycles. The lowest BCUT2D eigenvalue weighted by molar-refractivity contribution is 0.554. The predicted molar refractivity (Wildman–Crippen MR) is 75.0 cm³/mol. The van der Waals surface area contributed by atoms with Gasteiger partial charge in [0.1, 0.15) is 0 Å². The van der Waals surface area contributed by atoms with Crippen molar-refractivity contribution in [2.24, 2.45) is 0 Å². The van der Waals surface area contributed by atoms with Crippen molar-refractivity contribution in [2.75, 3.05) is 0 Å². The molecule has 0 aromatic carbocycles. The Balaban J connectivity index is 2.39. The molecule has 0 radical (unpaired) electrons. The number of aromatic nitrogens is 2. The first kappa shape index (κ1) is 13.9. The fraction of sp³-hybridized carbons (Fsp3) is 0.333. The maximum absolute atomic E-state index is 13.6. The van der Waals surface area contributed by atoms with Crippen molar-refractivity contribution in [2.45, 2.75) is 32.6 Å². The summed E-state index contributed by atoms with van der Waals surface area (Å²) in [5.74, 6) is -0.205. The molecule has 0 aliphatic carbocycles. The van der Waals surface area contributed by atoms with E-state index in [1.165, 1.54) is 0 Å². The van der Waals surface area contributed by atoms with E-state index in [-0.39, 0.29) is 11.8 Å². The summed E-state index contributed by atoms with van der Waals surface area (Å²) in [4.78, 5) is 7.93. The molecule has 0 N–H and O–H groups in total. The summed E-state index contributed by atoms with van der Waals surface area (Å²) in [7, 11) is 0. The van der Waals surface area contributed by atoms with Crippen LogP contribution in [0.25, 0.3) is 0 Å². The number of hydrogen-bond donors (Lipinski definition) is 0. The first-order valence-corrected chi connectivity index (χ1v) is 6.62. The molecular formula is C15H16ClFN2. The van der Waals surface area contributed by atoms with Gasteiger partial charge >= 0.3 is 0 Å². The second kappa shape index (κ2) is 5.66. The Morgan fingerprint density at radius 3 is 2.37 bits per heavy atom. The minimum absolute atomic E-state index is 0.0804. The molecular weight excluding hydrogens is 263 g/mol. The highest BCUT2D eigenvalue weighted by Crippen LogP contribution is 2.27. The molecule has 0 aliphatic heterocycles. The Morgan fingerprint density at radius 1 is 1.05 bits per heavy atom. The van der Waals surface area contributed by atoms with Crippen LogP contribution in [0, 0.1) is 5.95 Å². The van der Waals surface area contributed by atoms with Crippen LogP contribution in [0.4, 0.5) is 4.39 Å². The number of halogens is 2. The molecule has 0 fully saturated rings. The maximum Gasteiger partial charge on any atom is 0.216 e. The van der Waals surface area contributed by atoms with Gasteiger partial charge in [-0.15, -0.1) is 0 Å². The second-order valence-electron chi connectivity index (χ2n) is 4.96. The highest BCUT2D eigenvalue weighted by Gasteiger charge is 2.14. The molecule has 0 bridgehead atoms. The Kier molecular flexibility index (Phi) is 4.15. The van der Waals surface area contributed by atoms with Gasteiger partial charge in [0.2, 0.25) is 5.95 Å². The van der Waals surface area contributed by atoms with Gasteiger partial charge in [-0.05, 0) is 29.2 Å². The highest BCUT2D eigenvalue weighted by molar-refractivity contribution is 6.30. The molecule has 0 saturated heterocycles. The second-order valence-corrected chi connectivity index (χ2v) is 5.40. The fourth-order valence-electron chi connectivity index (χ4n) is 1.98. The zero-order valence-corrected chi connectivity index (χ0v) is 11.9. The minimum atomic E-state index is -0.393. The van der Waals surface area contributed by atoms with E-state index in [9.17, 15) is 4.39 Å². The first-order chi connectivity index (χ1) is 8.99. The van der Waals surface area contributed by atoms with Crippen LogP contribution < -0.4 is 0 Å². The number of nitrogens with zero attached hydrogens (tertiary/aromatic N) is 2. The fourth-order valence-corrected chi connectivity index (χ4v) is 2.16. The van der Waals surface area contributed by atoms with Crippen LogP contribution in [-0.2, 0) is 0 Å². The van der Waals surface area contributed by atoms with Gasteiger partial charge in [-0.1, -0.05) is 32.4 Å². The van der Waals surface area contributed by atoms with Crippen LogP contribution >= 0.6 is 11.6 Å². The summed E-state index contributed by atoms with van der Waals surface area (Å²) in [5.41, 5.74) is 2.60. The van der Waals surface area contributed by atoms with Crippen LogP contribution in [-0.4, -0.2) is 9.97 Å². The summed E-state index contributed by atoms with van der Waals surface area (Å²) in [5, 5.41) is 0.600. The molecule has 2 aromatic rings. The normalized spacial score (nSPS) is 12.7. The third-order valence-corrected chi connectivity index (χ3v) is 3.44. The molecule has 1 unspecified atom stereocenters. The van der Waals surface area contributed by atoms with Crippen LogP contribution in [0.3, 0.4) is 0 Å². The molecule has 2 nitrogen and oxygen atoms in total. The van der Waals surface area contributed by atoms with Crippen molar-refractivity contribution in [1.82, 2.24) is 9.97 Å². The van der Waals surface area contributed by atoms with Crippen LogP contribution in [0.5, 0.6) is 0 Å². The average Bonchev–Trinajstić information content (AvgIpc) is 2.38. The summed E-state index contributed by atoms with van der Waals surface area (Å²) in [6.45, 7) is 5.94. The lowest BCUT2D eigenvalue weighted by Crippen LogP contribution is -2.03. The van der Waals surface area contributed by atoms with Crippen molar-refractivity contribution in [1.29, 1.82) is 0 Å². The van der Waals surface area contributed by atoms with Gasteiger partial charge in [-0.25, -0.2) is 4.98 Å². The highest BCUT2D eigenvalue weighted by atomic mass is 35.5. The SMILES string of the molecule is CC(C)c1cc(C(C)c2cncc(Cl)c2)cnc1F. The van der Waals surface area contributed by atoms with E-state index in [0.29, 0.717) is 10.6 Å². The average molecular weight is 279 g/mol. The zero-order valence-electron chi connectivity index (χ0n) is 11.2. The quantitative estimate of drug-likeness (QED) is 0.770. The van der Waals surface area contributed by atoms with E-state index >= 15 is 0 Å². The van der Waals surface area contributed by atoms with E-state index < -0.39 is 5.95 Å². The lowest BCUT2D eigenvalue weighted by atomic mass is 9.93. The smallest absolute Gasteiger partial charge is 0.216 e. The van der Waals surface area contributed by atoms with Crippen molar-refractivity contribution in [3.63, 3.8) is 0 Å². The predicted octanol–water partition coefficient (Wildman–Crippen LogP) is 4.54. The largest absolute Gasteiger partial charge is 0.263 e. The van der Waals surface area contributed by atoms with Crippen molar-refractivity contribution in [3.05, 3.63) is 58.4 Å². The van der Waals surface area contributed by atoms with Gasteiger partial charge in [0.25, 0.3) is 0 Å². The summed E-state index contributed by atoms with van der Waals surface area (Å²) < 4.78 is 13.6. The maximum atomic E-state index is 13.6. The van der Waals surface area contributed by atoms with Crippen molar-refractivity contribution < 1.29 is 4.39 Å². The molecule has 0 aliphatic rings. The molecule has 2 aromatic heterocycles. The Labute approximate surface area is 117 Å². The molecule has 1 atom stereocenters. The Hall–Kier alpha value is -1.48. The van der Waals surface area contributed by atoms with Crippen LogP contribution in [0.1, 0.15) is 49.3 Å². The van der Waals surface area contributed by atoms with Gasteiger partial charge in [0.05, 0.1) is 5.02 Å². The van der Waals surface area contributed by atoms with Gasteiger partial charge < -0.3 is 0 Å². The van der Waals surface area contributed by atoms with E-state index in [1.807, 2.05) is 32.9 Å². The summed E-state index contributed by atoms with van der Waals surface area (Å²) in [6, 6.07) is 3.75. The first-order valence-electron chi connectivity index (χ1n) is 6.24. The molecule has 2 heterocycles. The standard InChI is InChI=1S/C15H16ClFN2/c1-9(2)14-5-12(7-19-15(14)17)10(3)11-4-13(16)8-18-6-11/h4-10H,1-3H3. The molecule has 100 valence electrons. The molecule has 19 heavy (non-hydrogen) atoms. The molecule has 0 amide bonds. The molecule has 4 heteroatoms. The number of rotatable bonds is 3. The van der Waals surface area contributed by atoms with Gasteiger partial charge in [0.15, 0.2) is 0 Å².